The molecular weight excluding hydrogens is 413 g/mol. The van der Waals surface area contributed by atoms with Crippen LogP contribution in [-0.4, -0.2) is 34.9 Å². The van der Waals surface area contributed by atoms with Crippen LogP contribution < -0.4 is 0 Å². The highest BCUT2D eigenvalue weighted by molar-refractivity contribution is 9.10. The van der Waals surface area contributed by atoms with E-state index in [1.165, 1.54) is 4.80 Å². The van der Waals surface area contributed by atoms with Crippen LogP contribution in [0.2, 0.25) is 5.28 Å². The van der Waals surface area contributed by atoms with Gasteiger partial charge in [0.05, 0.1) is 21.3 Å². The van der Waals surface area contributed by atoms with Crippen molar-refractivity contribution in [2.45, 2.75) is 0 Å². The first-order valence-corrected chi connectivity index (χ1v) is 7.09. The first kappa shape index (κ1) is 14.9. The van der Waals surface area contributed by atoms with Crippen LogP contribution in [0.3, 0.4) is 0 Å². The Bertz CT molecular complexity index is 621. The third-order valence-electron chi connectivity index (χ3n) is 1.79. The highest BCUT2D eigenvalue weighted by atomic mass is 79.9. The van der Waals surface area contributed by atoms with Gasteiger partial charge in [-0.3, -0.25) is 0 Å². The maximum absolute atomic E-state index is 5.37. The maximum atomic E-state index is 5.37. The molecular formula is C10H6Br2ClN7. The third kappa shape index (κ3) is 4.58. The number of hydrogen-bond acceptors (Lipinski definition) is 6. The second-order valence-electron chi connectivity index (χ2n) is 3.19. The molecule has 0 radical (unpaired) electrons. The minimum absolute atomic E-state index is 0.271. The van der Waals surface area contributed by atoms with Crippen LogP contribution in [-0.2, 0) is 0 Å². The number of hydrogen-bond donors (Lipinski definition) is 0. The largest absolute Gasteiger partial charge is 0.268 e. The average Bonchev–Trinajstić information content (AvgIpc) is 2.98. The molecule has 102 valence electrons. The van der Waals surface area contributed by atoms with Gasteiger partial charge in [-0.05, 0) is 43.5 Å². The Kier molecular flexibility index (Phi) is 5.50. The molecule has 0 atom stereocenters. The summed E-state index contributed by atoms with van der Waals surface area (Å²) >= 11 is 11.8. The molecule has 3 heterocycles. The number of halogens is 3. The van der Waals surface area contributed by atoms with E-state index in [4.69, 9.17) is 11.6 Å². The molecule has 0 bridgehead atoms. The van der Waals surface area contributed by atoms with E-state index in [0.717, 1.165) is 8.95 Å². The molecule has 3 aromatic heterocycles. The first-order valence-electron chi connectivity index (χ1n) is 5.12. The van der Waals surface area contributed by atoms with Gasteiger partial charge in [-0.25, -0.2) is 19.9 Å². The third-order valence-corrected chi connectivity index (χ3v) is 2.81. The summed E-state index contributed by atoms with van der Waals surface area (Å²) in [5.41, 5.74) is 0. The van der Waals surface area contributed by atoms with Gasteiger partial charge in [0, 0.05) is 24.8 Å². The molecule has 0 aliphatic rings. The van der Waals surface area contributed by atoms with Crippen molar-refractivity contribution in [3.63, 3.8) is 0 Å². The van der Waals surface area contributed by atoms with Crippen molar-refractivity contribution in [2.24, 2.45) is 0 Å². The maximum Gasteiger partial charge on any atom is 0.268 e. The Balaban J connectivity index is 0.000000160. The summed E-state index contributed by atoms with van der Waals surface area (Å²) in [6.07, 6.45) is 9.62. The van der Waals surface area contributed by atoms with Crippen LogP contribution >= 0.6 is 43.5 Å². The van der Waals surface area contributed by atoms with Gasteiger partial charge in [-0.2, -0.15) is 10.2 Å². The number of rotatable bonds is 1. The van der Waals surface area contributed by atoms with E-state index in [1.807, 2.05) is 0 Å². The Labute approximate surface area is 135 Å². The molecule has 0 saturated carbocycles. The molecule has 20 heavy (non-hydrogen) atoms. The van der Waals surface area contributed by atoms with Crippen molar-refractivity contribution >= 4 is 43.5 Å². The zero-order valence-electron chi connectivity index (χ0n) is 9.73. The molecule has 0 fully saturated rings. The molecule has 0 N–H and O–H groups in total. The van der Waals surface area contributed by atoms with E-state index in [2.05, 4.69) is 62.0 Å². The molecule has 0 amide bonds. The topological polar surface area (TPSA) is 82.3 Å². The molecule has 0 aliphatic heterocycles. The summed E-state index contributed by atoms with van der Waals surface area (Å²) in [6.45, 7) is 0. The van der Waals surface area contributed by atoms with Gasteiger partial charge in [0.25, 0.3) is 5.95 Å². The van der Waals surface area contributed by atoms with Gasteiger partial charge < -0.3 is 0 Å². The molecule has 0 spiro atoms. The second kappa shape index (κ2) is 7.36. The molecule has 10 heteroatoms. The fourth-order valence-electron chi connectivity index (χ4n) is 1.02. The molecule has 3 aromatic rings. The summed E-state index contributed by atoms with van der Waals surface area (Å²) in [4.78, 5) is 16.7. The van der Waals surface area contributed by atoms with E-state index in [1.54, 1.807) is 37.2 Å². The van der Waals surface area contributed by atoms with Crippen molar-refractivity contribution in [2.75, 3.05) is 0 Å². The van der Waals surface area contributed by atoms with E-state index in [-0.39, 0.29) is 5.28 Å². The van der Waals surface area contributed by atoms with Crippen molar-refractivity contribution in [3.8, 4) is 5.95 Å². The van der Waals surface area contributed by atoms with Crippen molar-refractivity contribution in [1.29, 1.82) is 0 Å². The molecule has 0 aromatic carbocycles. The Hall–Kier alpha value is -1.45. The van der Waals surface area contributed by atoms with Crippen LogP contribution in [0, 0.1) is 0 Å². The average molecular weight is 419 g/mol. The van der Waals surface area contributed by atoms with Gasteiger partial charge in [-0.1, -0.05) is 0 Å². The standard InChI is InChI=1S/C6H4BrN5.C4H2BrClN2/c7-5-3-8-6(9-4-5)12-10-1-2-11-12;5-3-1-7-4(6)8-2-3/h1-4H;1-2H. The van der Waals surface area contributed by atoms with Gasteiger partial charge in [0.2, 0.25) is 5.28 Å². The lowest BCUT2D eigenvalue weighted by atomic mass is 10.7. The van der Waals surface area contributed by atoms with E-state index in [9.17, 15) is 0 Å². The molecule has 0 unspecified atom stereocenters. The van der Waals surface area contributed by atoms with Gasteiger partial charge in [0.15, 0.2) is 0 Å². The van der Waals surface area contributed by atoms with Crippen LogP contribution in [0.25, 0.3) is 5.95 Å². The predicted molar refractivity (Wildman–Crippen MR) is 79.4 cm³/mol. The first-order chi connectivity index (χ1) is 9.65. The predicted octanol–water partition coefficient (Wildman–Crippen LogP) is 2.71. The van der Waals surface area contributed by atoms with Crippen molar-refractivity contribution < 1.29 is 0 Å². The van der Waals surface area contributed by atoms with Gasteiger partial charge in [0.1, 0.15) is 0 Å². The van der Waals surface area contributed by atoms with E-state index >= 15 is 0 Å². The lowest BCUT2D eigenvalue weighted by molar-refractivity contribution is 0.702. The smallest absolute Gasteiger partial charge is 0.225 e. The summed E-state index contributed by atoms with van der Waals surface area (Å²) < 4.78 is 1.67. The highest BCUT2D eigenvalue weighted by Gasteiger charge is 1.98. The van der Waals surface area contributed by atoms with Crippen LogP contribution in [0.5, 0.6) is 0 Å². The summed E-state index contributed by atoms with van der Waals surface area (Å²) in [5, 5.41) is 8.03. The minimum atomic E-state index is 0.271. The summed E-state index contributed by atoms with van der Waals surface area (Å²) in [6, 6.07) is 0. The quantitative estimate of drug-likeness (QED) is 0.564. The fourth-order valence-corrected chi connectivity index (χ4v) is 1.53. The van der Waals surface area contributed by atoms with Gasteiger partial charge >= 0.3 is 0 Å². The summed E-state index contributed by atoms with van der Waals surface area (Å²) in [7, 11) is 0. The second-order valence-corrected chi connectivity index (χ2v) is 5.36. The molecule has 7 nitrogen and oxygen atoms in total. The Morgan fingerprint density at radius 3 is 1.70 bits per heavy atom. The monoisotopic (exact) mass is 417 g/mol. The zero-order valence-corrected chi connectivity index (χ0v) is 13.7. The Morgan fingerprint density at radius 2 is 1.25 bits per heavy atom. The van der Waals surface area contributed by atoms with E-state index < -0.39 is 0 Å². The molecule has 3 rings (SSSR count). The van der Waals surface area contributed by atoms with Crippen LogP contribution in [0.1, 0.15) is 0 Å². The number of nitrogens with zero attached hydrogens (tertiary/aromatic N) is 7. The normalized spacial score (nSPS) is 9.75. The minimum Gasteiger partial charge on any atom is -0.225 e. The van der Waals surface area contributed by atoms with Crippen molar-refractivity contribution in [1.82, 2.24) is 34.9 Å². The fraction of sp³-hybridized carbons (Fsp3) is 0. The van der Waals surface area contributed by atoms with Crippen LogP contribution in [0.15, 0.2) is 46.1 Å². The lowest BCUT2D eigenvalue weighted by Crippen LogP contribution is -2.03. The zero-order chi connectivity index (χ0) is 14.4. The highest BCUT2D eigenvalue weighted by Crippen LogP contribution is 2.06. The van der Waals surface area contributed by atoms with Crippen LogP contribution in [0.4, 0.5) is 0 Å². The number of aromatic nitrogens is 7. The van der Waals surface area contributed by atoms with Crippen molar-refractivity contribution in [3.05, 3.63) is 51.4 Å². The molecule has 0 saturated heterocycles. The van der Waals surface area contributed by atoms with Gasteiger partial charge in [-0.15, -0.1) is 4.80 Å². The molecule has 0 aliphatic carbocycles. The van der Waals surface area contributed by atoms with E-state index in [0.29, 0.717) is 5.95 Å². The Morgan fingerprint density at radius 1 is 0.800 bits per heavy atom. The summed E-state index contributed by atoms with van der Waals surface area (Å²) in [5.74, 6) is 0.461. The lowest BCUT2D eigenvalue weighted by Gasteiger charge is -1.95. The SMILES string of the molecule is Brc1cnc(-n2nccn2)nc1.Clc1ncc(Br)cn1.